The van der Waals surface area contributed by atoms with Crippen LogP contribution in [-0.4, -0.2) is 47.2 Å². The maximum atomic E-state index is 15.4. The number of alkyl halides is 2. The maximum absolute atomic E-state index is 15.4. The van der Waals surface area contributed by atoms with Gasteiger partial charge in [0.05, 0.1) is 12.1 Å². The van der Waals surface area contributed by atoms with Crippen LogP contribution in [0.4, 0.5) is 17.6 Å². The molecule has 2 rings (SSSR count). The first-order chi connectivity index (χ1) is 12.2. The molecule has 0 aliphatic rings. The normalized spacial score (nSPS) is 17.4. The maximum Gasteiger partial charge on any atom is 0.310 e. The molecule has 0 radical (unpaired) electrons. The van der Waals surface area contributed by atoms with Crippen molar-refractivity contribution in [2.75, 3.05) is 0 Å². The molecule has 6 nitrogen and oxygen atoms in total. The fraction of sp³-hybridized carbons (Fsp3) is 0.529. The van der Waals surface area contributed by atoms with Crippen LogP contribution in [0.15, 0.2) is 30.9 Å². The van der Waals surface area contributed by atoms with Crippen LogP contribution in [0.25, 0.3) is 0 Å². The van der Waals surface area contributed by atoms with Gasteiger partial charge in [-0.15, -0.1) is 0 Å². The first-order valence-corrected chi connectivity index (χ1v) is 8.02. The molecule has 0 fully saturated rings. The van der Waals surface area contributed by atoms with Crippen LogP contribution >= 0.6 is 0 Å². The van der Waals surface area contributed by atoms with Gasteiger partial charge in [-0.1, -0.05) is 0 Å². The summed E-state index contributed by atoms with van der Waals surface area (Å²) in [5.74, 6) is -6.83. The lowest BCUT2D eigenvalue weighted by atomic mass is 9.74. The van der Waals surface area contributed by atoms with Crippen molar-refractivity contribution in [2.24, 2.45) is 0 Å². The highest BCUT2D eigenvalue weighted by Crippen LogP contribution is 2.49. The molecule has 2 unspecified atom stereocenters. The summed E-state index contributed by atoms with van der Waals surface area (Å²) < 4.78 is 59.2. The second-order valence-corrected chi connectivity index (χ2v) is 7.41. The number of hydrogen-bond donors (Lipinski definition) is 3. The molecule has 0 amide bonds. The van der Waals surface area contributed by atoms with Gasteiger partial charge >= 0.3 is 5.92 Å². The Labute approximate surface area is 153 Å². The summed E-state index contributed by atoms with van der Waals surface area (Å²) in [5, 5.41) is 34.9. The highest BCUT2D eigenvalue weighted by molar-refractivity contribution is 5.29. The molecule has 2 aromatic rings. The van der Waals surface area contributed by atoms with Crippen molar-refractivity contribution in [1.82, 2.24) is 14.8 Å². The lowest BCUT2D eigenvalue weighted by Crippen LogP contribution is -2.62. The van der Waals surface area contributed by atoms with Gasteiger partial charge in [0, 0.05) is 18.1 Å². The second kappa shape index (κ2) is 6.84. The van der Waals surface area contributed by atoms with E-state index in [1.807, 2.05) is 0 Å². The summed E-state index contributed by atoms with van der Waals surface area (Å²) >= 11 is 0. The minimum atomic E-state index is -4.38. The molecule has 150 valence electrons. The largest absolute Gasteiger partial charge is 0.390 e. The standard InChI is InChI=1S/C17H21F4N3O3/c1-14(2,25)7-15(3,26)17(20,21)16(27,8-24-10-22-9-23-24)12-5-4-11(18)6-13(12)19/h4-6,9-10,25-27H,7-8H2,1-3H3. The Bertz CT molecular complexity index is 791. The third kappa shape index (κ3) is 4.12. The zero-order valence-electron chi connectivity index (χ0n) is 15.0. The number of benzene rings is 1. The molecular formula is C17H21F4N3O3. The van der Waals surface area contributed by atoms with Crippen molar-refractivity contribution in [3.8, 4) is 0 Å². The molecule has 27 heavy (non-hydrogen) atoms. The number of nitrogens with zero attached hydrogens (tertiary/aromatic N) is 3. The number of aromatic nitrogens is 3. The fourth-order valence-electron chi connectivity index (χ4n) is 3.13. The predicted octanol–water partition coefficient (Wildman–Crippen LogP) is 1.99. The quantitative estimate of drug-likeness (QED) is 0.628. The smallest absolute Gasteiger partial charge is 0.310 e. The van der Waals surface area contributed by atoms with Crippen LogP contribution in [0.2, 0.25) is 0 Å². The zero-order valence-corrected chi connectivity index (χ0v) is 15.0. The van der Waals surface area contributed by atoms with Gasteiger partial charge in [0.2, 0.25) is 0 Å². The van der Waals surface area contributed by atoms with Crippen LogP contribution in [0.1, 0.15) is 32.8 Å². The molecule has 1 aromatic heterocycles. The summed E-state index contributed by atoms with van der Waals surface area (Å²) in [7, 11) is 0. The zero-order chi connectivity index (χ0) is 20.7. The van der Waals surface area contributed by atoms with Gasteiger partial charge in [0.15, 0.2) is 5.60 Å². The van der Waals surface area contributed by atoms with Gasteiger partial charge in [-0.25, -0.2) is 18.4 Å². The van der Waals surface area contributed by atoms with E-state index in [4.69, 9.17) is 0 Å². The Balaban J connectivity index is 2.64. The van der Waals surface area contributed by atoms with E-state index in [1.165, 1.54) is 13.8 Å². The minimum absolute atomic E-state index is 0.350. The molecular weight excluding hydrogens is 370 g/mol. The predicted molar refractivity (Wildman–Crippen MR) is 86.8 cm³/mol. The first-order valence-electron chi connectivity index (χ1n) is 8.02. The molecule has 2 atom stereocenters. The second-order valence-electron chi connectivity index (χ2n) is 7.41. The third-order valence-electron chi connectivity index (χ3n) is 4.21. The summed E-state index contributed by atoms with van der Waals surface area (Å²) in [4.78, 5) is 3.58. The summed E-state index contributed by atoms with van der Waals surface area (Å²) in [6, 6.07) is 1.74. The van der Waals surface area contributed by atoms with E-state index in [0.717, 1.165) is 24.3 Å². The van der Waals surface area contributed by atoms with E-state index in [9.17, 15) is 24.1 Å². The average Bonchev–Trinajstić information content (AvgIpc) is 2.96. The molecule has 0 saturated heterocycles. The molecule has 0 saturated carbocycles. The lowest BCUT2D eigenvalue weighted by Gasteiger charge is -2.45. The van der Waals surface area contributed by atoms with Crippen LogP contribution in [0, 0.1) is 11.6 Å². The number of aliphatic hydroxyl groups is 3. The lowest BCUT2D eigenvalue weighted by molar-refractivity contribution is -0.289. The van der Waals surface area contributed by atoms with Gasteiger partial charge < -0.3 is 15.3 Å². The van der Waals surface area contributed by atoms with Crippen LogP contribution < -0.4 is 0 Å². The Morgan fingerprint density at radius 3 is 2.19 bits per heavy atom. The molecule has 1 heterocycles. The van der Waals surface area contributed by atoms with Crippen LogP contribution in [0.3, 0.4) is 0 Å². The number of hydrogen-bond acceptors (Lipinski definition) is 5. The monoisotopic (exact) mass is 391 g/mol. The molecule has 10 heteroatoms. The Morgan fingerprint density at radius 1 is 1.07 bits per heavy atom. The Kier molecular flexibility index (Phi) is 5.39. The summed E-state index contributed by atoms with van der Waals surface area (Å²) in [5.41, 5.74) is -8.93. The number of halogens is 4. The SMILES string of the molecule is CC(C)(O)CC(C)(O)C(F)(F)C(O)(Cn1cncn1)c1ccc(F)cc1F. The van der Waals surface area contributed by atoms with Crippen molar-refractivity contribution < 1.29 is 32.9 Å². The molecule has 0 aliphatic carbocycles. The Morgan fingerprint density at radius 2 is 1.70 bits per heavy atom. The summed E-state index contributed by atoms with van der Waals surface area (Å²) in [6.07, 6.45) is 1.21. The number of rotatable bonds is 7. The van der Waals surface area contributed by atoms with E-state index in [1.54, 1.807) is 0 Å². The third-order valence-corrected chi connectivity index (χ3v) is 4.21. The van der Waals surface area contributed by atoms with E-state index >= 15 is 8.78 Å². The van der Waals surface area contributed by atoms with E-state index in [-0.39, 0.29) is 0 Å². The Hall–Kier alpha value is -2.04. The first kappa shape index (κ1) is 21.3. The molecule has 0 spiro atoms. The molecule has 0 bridgehead atoms. The minimum Gasteiger partial charge on any atom is -0.390 e. The summed E-state index contributed by atoms with van der Waals surface area (Å²) in [6.45, 7) is 2.14. The highest BCUT2D eigenvalue weighted by Gasteiger charge is 2.65. The van der Waals surface area contributed by atoms with Crippen LogP contribution in [0.5, 0.6) is 0 Å². The molecule has 0 aliphatic heterocycles. The van der Waals surface area contributed by atoms with Crippen LogP contribution in [-0.2, 0) is 12.1 Å². The highest BCUT2D eigenvalue weighted by atomic mass is 19.3. The van der Waals surface area contributed by atoms with E-state index in [0.29, 0.717) is 18.2 Å². The van der Waals surface area contributed by atoms with Crippen molar-refractivity contribution in [2.45, 2.75) is 56.5 Å². The van der Waals surface area contributed by atoms with E-state index < -0.39 is 52.9 Å². The molecule has 1 aromatic carbocycles. The topological polar surface area (TPSA) is 91.4 Å². The van der Waals surface area contributed by atoms with Crippen molar-refractivity contribution in [1.29, 1.82) is 0 Å². The van der Waals surface area contributed by atoms with Crippen molar-refractivity contribution >= 4 is 0 Å². The van der Waals surface area contributed by atoms with Gasteiger partial charge in [0.25, 0.3) is 0 Å². The fourth-order valence-corrected chi connectivity index (χ4v) is 3.13. The average molecular weight is 391 g/mol. The van der Waals surface area contributed by atoms with Gasteiger partial charge in [-0.2, -0.15) is 13.9 Å². The van der Waals surface area contributed by atoms with Crippen molar-refractivity contribution in [3.63, 3.8) is 0 Å². The van der Waals surface area contributed by atoms with Gasteiger partial charge in [-0.3, -0.25) is 0 Å². The van der Waals surface area contributed by atoms with E-state index in [2.05, 4.69) is 10.1 Å². The molecule has 3 N–H and O–H groups in total. The van der Waals surface area contributed by atoms with Crippen molar-refractivity contribution in [3.05, 3.63) is 48.1 Å². The van der Waals surface area contributed by atoms with Gasteiger partial charge in [-0.05, 0) is 32.9 Å². The van der Waals surface area contributed by atoms with Gasteiger partial charge in [0.1, 0.15) is 29.9 Å².